The van der Waals surface area contributed by atoms with Gasteiger partial charge >= 0.3 is 0 Å². The van der Waals surface area contributed by atoms with Crippen LogP contribution in [0.3, 0.4) is 0 Å². The Hall–Kier alpha value is -1.75. The number of hydrogen-bond donors (Lipinski definition) is 2. The lowest BCUT2D eigenvalue weighted by Gasteiger charge is -2.33. The van der Waals surface area contributed by atoms with Gasteiger partial charge in [0.2, 0.25) is 0 Å². The second kappa shape index (κ2) is 7.88. The molecule has 0 aromatic heterocycles. The summed E-state index contributed by atoms with van der Waals surface area (Å²) >= 11 is 0. The van der Waals surface area contributed by atoms with Crippen LogP contribution in [-0.2, 0) is 4.74 Å². The Balaban J connectivity index is 1.61. The van der Waals surface area contributed by atoms with Gasteiger partial charge in [0.15, 0.2) is 5.96 Å². The highest BCUT2D eigenvalue weighted by molar-refractivity contribution is 5.78. The Labute approximate surface area is 144 Å². The summed E-state index contributed by atoms with van der Waals surface area (Å²) in [6, 6.07) is 8.28. The lowest BCUT2D eigenvalue weighted by molar-refractivity contribution is -0.0491. The van der Waals surface area contributed by atoms with Crippen LogP contribution in [0.1, 0.15) is 44.7 Å². The van der Waals surface area contributed by atoms with Crippen molar-refractivity contribution in [2.45, 2.75) is 45.3 Å². The summed E-state index contributed by atoms with van der Waals surface area (Å²) < 4.78 is 11.6. The van der Waals surface area contributed by atoms with E-state index in [1.165, 1.54) is 6.42 Å². The third-order valence-electron chi connectivity index (χ3n) is 4.93. The molecule has 0 radical (unpaired) electrons. The molecule has 1 aromatic rings. The summed E-state index contributed by atoms with van der Waals surface area (Å²) in [6.07, 6.45) is 3.47. The molecule has 3 rings (SSSR count). The Kier molecular flexibility index (Phi) is 5.61. The largest absolute Gasteiger partial charge is 0.493 e. The second-order valence-electron chi connectivity index (χ2n) is 7.08. The van der Waals surface area contributed by atoms with Crippen LogP contribution in [0.2, 0.25) is 0 Å². The molecule has 132 valence electrons. The Morgan fingerprint density at radius 1 is 1.29 bits per heavy atom. The highest BCUT2D eigenvalue weighted by Crippen LogP contribution is 2.31. The molecule has 3 N–H and O–H groups in total. The van der Waals surface area contributed by atoms with Gasteiger partial charge in [-0.1, -0.05) is 32.0 Å². The molecule has 0 spiro atoms. The minimum Gasteiger partial charge on any atom is -0.493 e. The number of aliphatic imine (C=N–C) groups is 1. The minimum absolute atomic E-state index is 0.169. The number of fused-ring (bicyclic) bond motifs is 1. The van der Waals surface area contributed by atoms with E-state index in [4.69, 9.17) is 15.2 Å². The number of hydrogen-bond acceptors (Lipinski definition) is 3. The first kappa shape index (κ1) is 17.1. The number of nitrogens with two attached hydrogens (primary N) is 1. The average molecular weight is 331 g/mol. The molecule has 1 fully saturated rings. The van der Waals surface area contributed by atoms with Crippen LogP contribution < -0.4 is 15.8 Å². The fourth-order valence-corrected chi connectivity index (χ4v) is 3.73. The number of guanidine groups is 1. The third-order valence-corrected chi connectivity index (χ3v) is 4.93. The molecule has 5 heteroatoms. The van der Waals surface area contributed by atoms with Crippen molar-refractivity contribution < 1.29 is 9.47 Å². The summed E-state index contributed by atoms with van der Waals surface area (Å²) in [5.74, 6) is 2.43. The van der Waals surface area contributed by atoms with Gasteiger partial charge in [-0.2, -0.15) is 0 Å². The SMILES string of the molecule is CC(C)C1OCCCC1CN=C(N)NC1CCOc2ccccc21. The molecular formula is C19H29N3O2. The lowest BCUT2D eigenvalue weighted by atomic mass is 9.87. The van der Waals surface area contributed by atoms with E-state index >= 15 is 0 Å². The quantitative estimate of drug-likeness (QED) is 0.657. The second-order valence-corrected chi connectivity index (χ2v) is 7.08. The first-order chi connectivity index (χ1) is 11.6. The van der Waals surface area contributed by atoms with Crippen molar-refractivity contribution >= 4 is 5.96 Å². The van der Waals surface area contributed by atoms with Gasteiger partial charge in [-0.15, -0.1) is 0 Å². The third kappa shape index (κ3) is 4.01. The molecule has 0 amide bonds. The van der Waals surface area contributed by atoms with E-state index < -0.39 is 0 Å². The Morgan fingerprint density at radius 2 is 2.12 bits per heavy atom. The van der Waals surface area contributed by atoms with Crippen LogP contribution >= 0.6 is 0 Å². The summed E-state index contributed by atoms with van der Waals surface area (Å²) in [7, 11) is 0. The van der Waals surface area contributed by atoms with Gasteiger partial charge in [0.1, 0.15) is 5.75 Å². The van der Waals surface area contributed by atoms with E-state index in [0.29, 0.717) is 30.5 Å². The molecule has 2 aliphatic heterocycles. The van der Waals surface area contributed by atoms with Crippen LogP contribution in [-0.4, -0.2) is 31.8 Å². The Morgan fingerprint density at radius 3 is 2.96 bits per heavy atom. The average Bonchev–Trinajstić information content (AvgIpc) is 2.60. The standard InChI is InChI=1S/C19H29N3O2/c1-13(2)18-14(6-5-10-24-18)12-21-19(20)22-16-9-11-23-17-8-4-3-7-15(16)17/h3-4,7-8,13-14,16,18H,5-6,9-12H2,1-2H3,(H3,20,21,22). The number of rotatable bonds is 4. The zero-order valence-electron chi connectivity index (χ0n) is 14.7. The van der Waals surface area contributed by atoms with Gasteiger partial charge in [0.05, 0.1) is 18.8 Å². The number of nitrogens with zero attached hydrogens (tertiary/aromatic N) is 1. The number of para-hydroxylation sites is 1. The predicted molar refractivity (Wildman–Crippen MR) is 96.2 cm³/mol. The van der Waals surface area contributed by atoms with Crippen molar-refractivity contribution in [1.82, 2.24) is 5.32 Å². The van der Waals surface area contributed by atoms with Crippen molar-refractivity contribution in [2.75, 3.05) is 19.8 Å². The molecule has 2 aliphatic rings. The van der Waals surface area contributed by atoms with Crippen LogP contribution in [0.5, 0.6) is 5.75 Å². The van der Waals surface area contributed by atoms with Crippen molar-refractivity contribution in [3.05, 3.63) is 29.8 Å². The monoisotopic (exact) mass is 331 g/mol. The van der Waals surface area contributed by atoms with Gasteiger partial charge in [-0.3, -0.25) is 4.99 Å². The first-order valence-corrected chi connectivity index (χ1v) is 9.05. The van der Waals surface area contributed by atoms with Gasteiger partial charge in [0, 0.05) is 31.1 Å². The summed E-state index contributed by atoms with van der Waals surface area (Å²) in [5, 5.41) is 3.37. The topological polar surface area (TPSA) is 68.9 Å². The summed E-state index contributed by atoms with van der Waals surface area (Å²) in [6.45, 7) is 6.73. The van der Waals surface area contributed by atoms with Gasteiger partial charge in [-0.25, -0.2) is 0 Å². The maximum Gasteiger partial charge on any atom is 0.189 e. The smallest absolute Gasteiger partial charge is 0.189 e. The van der Waals surface area contributed by atoms with E-state index in [2.05, 4.69) is 30.2 Å². The summed E-state index contributed by atoms with van der Waals surface area (Å²) in [4.78, 5) is 4.61. The lowest BCUT2D eigenvalue weighted by Crippen LogP contribution is -2.39. The maximum absolute atomic E-state index is 6.16. The first-order valence-electron chi connectivity index (χ1n) is 9.05. The fraction of sp³-hybridized carbons (Fsp3) is 0.632. The molecule has 0 saturated carbocycles. The molecule has 24 heavy (non-hydrogen) atoms. The zero-order valence-corrected chi connectivity index (χ0v) is 14.7. The molecule has 3 atom stereocenters. The minimum atomic E-state index is 0.169. The fourth-order valence-electron chi connectivity index (χ4n) is 3.73. The molecule has 1 aromatic carbocycles. The normalized spacial score (nSPS) is 27.5. The summed E-state index contributed by atoms with van der Waals surface area (Å²) in [5.41, 5.74) is 7.31. The van der Waals surface area contributed by atoms with Crippen molar-refractivity contribution in [1.29, 1.82) is 0 Å². The zero-order chi connectivity index (χ0) is 16.9. The van der Waals surface area contributed by atoms with Crippen LogP contribution in [0.4, 0.5) is 0 Å². The van der Waals surface area contributed by atoms with Gasteiger partial charge in [-0.05, 0) is 24.8 Å². The van der Waals surface area contributed by atoms with Crippen molar-refractivity contribution in [2.24, 2.45) is 22.6 Å². The van der Waals surface area contributed by atoms with E-state index in [-0.39, 0.29) is 6.04 Å². The van der Waals surface area contributed by atoms with Crippen LogP contribution in [0.15, 0.2) is 29.3 Å². The maximum atomic E-state index is 6.16. The van der Waals surface area contributed by atoms with Gasteiger partial charge < -0.3 is 20.5 Å². The van der Waals surface area contributed by atoms with Crippen molar-refractivity contribution in [3.63, 3.8) is 0 Å². The number of benzene rings is 1. The molecule has 5 nitrogen and oxygen atoms in total. The van der Waals surface area contributed by atoms with E-state index in [9.17, 15) is 0 Å². The van der Waals surface area contributed by atoms with Gasteiger partial charge in [0.25, 0.3) is 0 Å². The highest BCUT2D eigenvalue weighted by Gasteiger charge is 2.28. The highest BCUT2D eigenvalue weighted by atomic mass is 16.5. The van der Waals surface area contributed by atoms with E-state index in [1.54, 1.807) is 0 Å². The number of ether oxygens (including phenoxy) is 2. The molecule has 3 unspecified atom stereocenters. The van der Waals surface area contributed by atoms with Crippen LogP contribution in [0.25, 0.3) is 0 Å². The molecule has 0 bridgehead atoms. The Bertz CT molecular complexity index is 573. The molecule has 0 aliphatic carbocycles. The molecular weight excluding hydrogens is 302 g/mol. The van der Waals surface area contributed by atoms with E-state index in [0.717, 1.165) is 37.3 Å². The predicted octanol–water partition coefficient (Wildman–Crippen LogP) is 2.87. The molecule has 2 heterocycles. The molecule has 1 saturated heterocycles. The number of nitrogens with one attached hydrogen (secondary N) is 1. The van der Waals surface area contributed by atoms with E-state index in [1.807, 2.05) is 18.2 Å². The van der Waals surface area contributed by atoms with Crippen molar-refractivity contribution in [3.8, 4) is 5.75 Å². The van der Waals surface area contributed by atoms with Crippen LogP contribution in [0, 0.1) is 11.8 Å².